The zero-order chi connectivity index (χ0) is 8.16. The molecule has 0 saturated carbocycles. The van der Waals surface area contributed by atoms with Crippen molar-refractivity contribution in [2.24, 2.45) is 0 Å². The number of hydrogen-bond donors (Lipinski definition) is 0. The van der Waals surface area contributed by atoms with Gasteiger partial charge in [-0.1, -0.05) is 13.3 Å². The molecule has 0 atom stereocenters. The lowest BCUT2D eigenvalue weighted by Crippen LogP contribution is -2.45. The van der Waals surface area contributed by atoms with Gasteiger partial charge in [-0.2, -0.15) is 0 Å². The lowest BCUT2D eigenvalue weighted by molar-refractivity contribution is -0.915. The standard InChI is InChI=1S/C10H22N/c1-3-5-8-11(4-2)9-6-7-10-11/h3-10H2,1-2H3/q+1. The molecule has 1 rings (SSSR count). The largest absolute Gasteiger partial charge is 0.324 e. The van der Waals surface area contributed by atoms with Crippen LogP contribution in [0, 0.1) is 0 Å². The molecule has 1 nitrogen and oxygen atoms in total. The summed E-state index contributed by atoms with van der Waals surface area (Å²) >= 11 is 0. The molecule has 1 fully saturated rings. The Labute approximate surface area is 71.0 Å². The molecule has 0 unspecified atom stereocenters. The van der Waals surface area contributed by atoms with E-state index in [1.165, 1.54) is 56.3 Å². The third kappa shape index (κ3) is 2.19. The molecule has 0 N–H and O–H groups in total. The van der Waals surface area contributed by atoms with Crippen LogP contribution in [0.3, 0.4) is 0 Å². The van der Waals surface area contributed by atoms with Gasteiger partial charge in [0.1, 0.15) is 0 Å². The monoisotopic (exact) mass is 156 g/mol. The number of quaternary nitrogens is 1. The Bertz CT molecular complexity index is 103. The molecule has 0 bridgehead atoms. The van der Waals surface area contributed by atoms with Crippen LogP contribution >= 0.6 is 0 Å². The molecule has 0 aliphatic carbocycles. The molecule has 0 aromatic carbocycles. The van der Waals surface area contributed by atoms with Crippen molar-refractivity contribution in [3.8, 4) is 0 Å². The van der Waals surface area contributed by atoms with Crippen molar-refractivity contribution in [3.05, 3.63) is 0 Å². The van der Waals surface area contributed by atoms with Crippen LogP contribution in [0.2, 0.25) is 0 Å². The van der Waals surface area contributed by atoms with Crippen molar-refractivity contribution in [1.82, 2.24) is 0 Å². The predicted molar refractivity (Wildman–Crippen MR) is 49.5 cm³/mol. The van der Waals surface area contributed by atoms with E-state index >= 15 is 0 Å². The predicted octanol–water partition coefficient (Wildman–Crippen LogP) is 2.42. The first kappa shape index (κ1) is 9.05. The van der Waals surface area contributed by atoms with Gasteiger partial charge in [-0.05, 0) is 13.3 Å². The number of likely N-dealkylation sites (tertiary alicyclic amines) is 1. The zero-order valence-electron chi connectivity index (χ0n) is 8.10. The number of rotatable bonds is 4. The summed E-state index contributed by atoms with van der Waals surface area (Å²) in [5.74, 6) is 0. The maximum Gasteiger partial charge on any atom is 0.0788 e. The second kappa shape index (κ2) is 4.10. The minimum atomic E-state index is 1.36. The highest BCUT2D eigenvalue weighted by molar-refractivity contribution is 4.53. The minimum Gasteiger partial charge on any atom is -0.324 e. The summed E-state index contributed by atoms with van der Waals surface area (Å²) in [6, 6.07) is 0. The lowest BCUT2D eigenvalue weighted by Gasteiger charge is -2.32. The average molecular weight is 156 g/mol. The summed E-state index contributed by atoms with van der Waals surface area (Å²) in [5.41, 5.74) is 0. The molecule has 0 spiro atoms. The van der Waals surface area contributed by atoms with Gasteiger partial charge in [-0.25, -0.2) is 0 Å². The third-order valence-corrected chi connectivity index (χ3v) is 3.17. The van der Waals surface area contributed by atoms with E-state index in [1.54, 1.807) is 0 Å². The van der Waals surface area contributed by atoms with Gasteiger partial charge in [0.25, 0.3) is 0 Å². The summed E-state index contributed by atoms with van der Waals surface area (Å²) < 4.78 is 1.42. The van der Waals surface area contributed by atoms with E-state index in [9.17, 15) is 0 Å². The van der Waals surface area contributed by atoms with Crippen LogP contribution in [0.25, 0.3) is 0 Å². The molecule has 0 aromatic heterocycles. The summed E-state index contributed by atoms with van der Waals surface area (Å²) in [6.45, 7) is 10.4. The Morgan fingerprint density at radius 1 is 1.09 bits per heavy atom. The highest BCUT2D eigenvalue weighted by atomic mass is 15.4. The van der Waals surface area contributed by atoms with Crippen LogP contribution in [0.1, 0.15) is 39.5 Å². The Kier molecular flexibility index (Phi) is 3.38. The van der Waals surface area contributed by atoms with Crippen LogP contribution in [0.15, 0.2) is 0 Å². The van der Waals surface area contributed by atoms with Crippen molar-refractivity contribution in [3.63, 3.8) is 0 Å². The van der Waals surface area contributed by atoms with Gasteiger partial charge in [0.05, 0.1) is 26.2 Å². The van der Waals surface area contributed by atoms with E-state index in [1.807, 2.05) is 0 Å². The second-order valence-corrected chi connectivity index (χ2v) is 3.89. The summed E-state index contributed by atoms with van der Waals surface area (Å²) in [7, 11) is 0. The molecule has 0 aromatic rings. The Morgan fingerprint density at radius 2 is 1.73 bits per heavy atom. The minimum absolute atomic E-state index is 1.36. The highest BCUT2D eigenvalue weighted by Gasteiger charge is 2.28. The molecule has 1 saturated heterocycles. The van der Waals surface area contributed by atoms with Crippen molar-refractivity contribution in [2.75, 3.05) is 26.2 Å². The fourth-order valence-corrected chi connectivity index (χ4v) is 2.20. The molecular formula is C10H22N+. The Morgan fingerprint density at radius 3 is 2.18 bits per heavy atom. The number of nitrogens with zero attached hydrogens (tertiary/aromatic N) is 1. The van der Waals surface area contributed by atoms with Crippen LogP contribution in [0.5, 0.6) is 0 Å². The first-order valence-electron chi connectivity index (χ1n) is 5.18. The van der Waals surface area contributed by atoms with Gasteiger partial charge in [0.15, 0.2) is 0 Å². The van der Waals surface area contributed by atoms with E-state index in [2.05, 4.69) is 13.8 Å². The van der Waals surface area contributed by atoms with Gasteiger partial charge in [0.2, 0.25) is 0 Å². The molecule has 0 amide bonds. The molecule has 1 aliphatic heterocycles. The van der Waals surface area contributed by atoms with E-state index < -0.39 is 0 Å². The molecule has 11 heavy (non-hydrogen) atoms. The van der Waals surface area contributed by atoms with Gasteiger partial charge in [-0.15, -0.1) is 0 Å². The van der Waals surface area contributed by atoms with E-state index in [-0.39, 0.29) is 0 Å². The molecule has 66 valence electrons. The molecular weight excluding hydrogens is 134 g/mol. The highest BCUT2D eigenvalue weighted by Crippen LogP contribution is 2.19. The summed E-state index contributed by atoms with van der Waals surface area (Å²) in [4.78, 5) is 0. The van der Waals surface area contributed by atoms with Crippen LogP contribution in [-0.4, -0.2) is 30.7 Å². The SMILES string of the molecule is CCCC[N+]1(CC)CCCC1. The lowest BCUT2D eigenvalue weighted by atomic mass is 10.3. The van der Waals surface area contributed by atoms with Crippen molar-refractivity contribution in [2.45, 2.75) is 39.5 Å². The maximum atomic E-state index is 2.35. The molecule has 0 radical (unpaired) electrons. The normalized spacial score (nSPS) is 22.4. The summed E-state index contributed by atoms with van der Waals surface area (Å²) in [6.07, 6.45) is 5.73. The fraction of sp³-hybridized carbons (Fsp3) is 1.00. The average Bonchev–Trinajstić information content (AvgIpc) is 2.50. The Balaban J connectivity index is 2.33. The molecule has 1 heteroatoms. The van der Waals surface area contributed by atoms with Crippen molar-refractivity contribution in [1.29, 1.82) is 0 Å². The summed E-state index contributed by atoms with van der Waals surface area (Å²) in [5, 5.41) is 0. The number of hydrogen-bond acceptors (Lipinski definition) is 0. The molecule has 1 heterocycles. The van der Waals surface area contributed by atoms with E-state index in [0.29, 0.717) is 0 Å². The zero-order valence-corrected chi connectivity index (χ0v) is 8.10. The van der Waals surface area contributed by atoms with Gasteiger partial charge in [-0.3, -0.25) is 0 Å². The topological polar surface area (TPSA) is 0 Å². The first-order valence-corrected chi connectivity index (χ1v) is 5.18. The first-order chi connectivity index (χ1) is 5.33. The molecule has 1 aliphatic rings. The van der Waals surface area contributed by atoms with Crippen LogP contribution in [0.4, 0.5) is 0 Å². The van der Waals surface area contributed by atoms with Crippen LogP contribution < -0.4 is 0 Å². The smallest absolute Gasteiger partial charge is 0.0788 e. The fourth-order valence-electron chi connectivity index (χ4n) is 2.20. The van der Waals surface area contributed by atoms with E-state index in [0.717, 1.165) is 0 Å². The Hall–Kier alpha value is -0.0400. The van der Waals surface area contributed by atoms with Crippen LogP contribution in [-0.2, 0) is 0 Å². The third-order valence-electron chi connectivity index (χ3n) is 3.17. The van der Waals surface area contributed by atoms with Gasteiger partial charge < -0.3 is 4.48 Å². The maximum absolute atomic E-state index is 2.35. The number of unbranched alkanes of at least 4 members (excludes halogenated alkanes) is 1. The van der Waals surface area contributed by atoms with Gasteiger partial charge >= 0.3 is 0 Å². The van der Waals surface area contributed by atoms with Crippen molar-refractivity contribution >= 4 is 0 Å². The van der Waals surface area contributed by atoms with E-state index in [4.69, 9.17) is 0 Å². The second-order valence-electron chi connectivity index (χ2n) is 3.89. The van der Waals surface area contributed by atoms with Gasteiger partial charge in [0, 0.05) is 12.8 Å². The van der Waals surface area contributed by atoms with Crippen molar-refractivity contribution < 1.29 is 4.48 Å². The quantitative estimate of drug-likeness (QED) is 0.548.